The quantitative estimate of drug-likeness (QED) is 0.864. The standard InChI is InChI=1S/C12H21F3N2O2/c1-11(2,3)19-10(18)16-6-9-4-5-17(7-9)8-12(13,14)15/h9H,4-8H2,1-3H3,(H,16,18). The topological polar surface area (TPSA) is 41.6 Å². The van der Waals surface area contributed by atoms with E-state index in [4.69, 9.17) is 4.74 Å². The third kappa shape index (κ3) is 7.25. The van der Waals surface area contributed by atoms with Crippen molar-refractivity contribution in [2.24, 2.45) is 5.92 Å². The van der Waals surface area contributed by atoms with Gasteiger partial charge in [-0.25, -0.2) is 4.79 Å². The predicted octanol–water partition coefficient (Wildman–Crippen LogP) is 2.40. The van der Waals surface area contributed by atoms with Crippen molar-refractivity contribution in [2.45, 2.75) is 39.0 Å². The second-order valence-corrected chi connectivity index (χ2v) is 5.89. The summed E-state index contributed by atoms with van der Waals surface area (Å²) >= 11 is 0. The molecular weight excluding hydrogens is 261 g/mol. The Hall–Kier alpha value is -0.980. The first-order valence-electron chi connectivity index (χ1n) is 6.31. The molecule has 1 heterocycles. The number of alkyl carbamates (subject to hydrolysis) is 1. The second-order valence-electron chi connectivity index (χ2n) is 5.89. The first-order valence-corrected chi connectivity index (χ1v) is 6.31. The molecule has 1 saturated heterocycles. The molecule has 19 heavy (non-hydrogen) atoms. The maximum Gasteiger partial charge on any atom is 0.407 e. The van der Waals surface area contributed by atoms with Gasteiger partial charge in [0, 0.05) is 13.1 Å². The zero-order chi connectivity index (χ0) is 14.7. The maximum atomic E-state index is 12.2. The van der Waals surface area contributed by atoms with Crippen LogP contribution in [0.1, 0.15) is 27.2 Å². The number of halogens is 3. The van der Waals surface area contributed by atoms with E-state index >= 15 is 0 Å². The Kier molecular flexibility index (Phi) is 5.06. The number of nitrogens with one attached hydrogen (secondary N) is 1. The van der Waals surface area contributed by atoms with Crippen molar-refractivity contribution in [2.75, 3.05) is 26.2 Å². The van der Waals surface area contributed by atoms with Crippen LogP contribution in [-0.4, -0.2) is 48.9 Å². The lowest BCUT2D eigenvalue weighted by Gasteiger charge is -2.21. The summed E-state index contributed by atoms with van der Waals surface area (Å²) in [7, 11) is 0. The van der Waals surface area contributed by atoms with Crippen LogP contribution in [0, 0.1) is 5.92 Å². The Bertz CT molecular complexity index is 313. The molecule has 1 N–H and O–H groups in total. The molecule has 1 fully saturated rings. The molecule has 1 unspecified atom stereocenters. The number of amides is 1. The minimum Gasteiger partial charge on any atom is -0.444 e. The van der Waals surface area contributed by atoms with E-state index in [9.17, 15) is 18.0 Å². The van der Waals surface area contributed by atoms with Crippen LogP contribution < -0.4 is 5.32 Å². The van der Waals surface area contributed by atoms with Crippen LogP contribution in [0.15, 0.2) is 0 Å². The molecule has 0 spiro atoms. The van der Waals surface area contributed by atoms with Gasteiger partial charge in [-0.1, -0.05) is 0 Å². The molecule has 4 nitrogen and oxygen atoms in total. The average molecular weight is 282 g/mol. The van der Waals surface area contributed by atoms with Crippen molar-refractivity contribution in [1.82, 2.24) is 10.2 Å². The van der Waals surface area contributed by atoms with Crippen LogP contribution in [0.3, 0.4) is 0 Å². The van der Waals surface area contributed by atoms with Crippen LogP contribution in [0.2, 0.25) is 0 Å². The fourth-order valence-corrected chi connectivity index (χ4v) is 2.02. The summed E-state index contributed by atoms with van der Waals surface area (Å²) in [6, 6.07) is 0. The van der Waals surface area contributed by atoms with Crippen LogP contribution in [-0.2, 0) is 4.74 Å². The molecule has 1 rings (SSSR count). The van der Waals surface area contributed by atoms with Gasteiger partial charge in [0.25, 0.3) is 0 Å². The summed E-state index contributed by atoms with van der Waals surface area (Å²) in [6.07, 6.45) is -4.03. The zero-order valence-corrected chi connectivity index (χ0v) is 11.5. The normalized spacial score (nSPS) is 21.5. The molecule has 0 bridgehead atoms. The lowest BCUT2D eigenvalue weighted by Crippen LogP contribution is -2.37. The largest absolute Gasteiger partial charge is 0.444 e. The first kappa shape index (κ1) is 16.1. The summed E-state index contributed by atoms with van der Waals surface area (Å²) in [5.74, 6) is 0.0508. The van der Waals surface area contributed by atoms with E-state index in [0.29, 0.717) is 26.1 Å². The lowest BCUT2D eigenvalue weighted by molar-refractivity contribution is -0.143. The molecule has 0 aromatic carbocycles. The monoisotopic (exact) mass is 282 g/mol. The number of nitrogens with zero attached hydrogens (tertiary/aromatic N) is 1. The number of likely N-dealkylation sites (tertiary alicyclic amines) is 1. The Balaban J connectivity index is 2.24. The Morgan fingerprint density at radius 3 is 2.53 bits per heavy atom. The van der Waals surface area contributed by atoms with Gasteiger partial charge in [-0.05, 0) is 39.7 Å². The summed E-state index contributed by atoms with van der Waals surface area (Å²) in [5, 5.41) is 2.60. The highest BCUT2D eigenvalue weighted by molar-refractivity contribution is 5.67. The maximum absolute atomic E-state index is 12.2. The van der Waals surface area contributed by atoms with Crippen LogP contribution in [0.25, 0.3) is 0 Å². The third-order valence-corrected chi connectivity index (χ3v) is 2.71. The van der Waals surface area contributed by atoms with Gasteiger partial charge < -0.3 is 10.1 Å². The van der Waals surface area contributed by atoms with E-state index in [1.807, 2.05) is 0 Å². The number of carbonyl (C=O) groups excluding carboxylic acids is 1. The number of rotatable bonds is 3. The SMILES string of the molecule is CC(C)(C)OC(=O)NCC1CCN(CC(F)(F)F)C1. The molecule has 0 aromatic rings. The summed E-state index contributed by atoms with van der Waals surface area (Å²) < 4.78 is 41.7. The van der Waals surface area contributed by atoms with E-state index in [1.54, 1.807) is 20.8 Å². The van der Waals surface area contributed by atoms with Crippen molar-refractivity contribution < 1.29 is 22.7 Å². The van der Waals surface area contributed by atoms with Crippen molar-refractivity contribution >= 4 is 6.09 Å². The number of carbonyl (C=O) groups is 1. The van der Waals surface area contributed by atoms with Gasteiger partial charge in [-0.3, -0.25) is 4.90 Å². The molecule has 0 aromatic heterocycles. The molecule has 1 aliphatic rings. The van der Waals surface area contributed by atoms with Crippen LogP contribution in [0.5, 0.6) is 0 Å². The van der Waals surface area contributed by atoms with E-state index in [-0.39, 0.29) is 5.92 Å². The van der Waals surface area contributed by atoms with Crippen LogP contribution >= 0.6 is 0 Å². The highest BCUT2D eigenvalue weighted by Crippen LogP contribution is 2.22. The summed E-state index contributed by atoms with van der Waals surface area (Å²) in [4.78, 5) is 12.8. The predicted molar refractivity (Wildman–Crippen MR) is 64.8 cm³/mol. The van der Waals surface area contributed by atoms with Gasteiger partial charge in [0.2, 0.25) is 0 Å². The molecule has 1 amide bonds. The van der Waals surface area contributed by atoms with Gasteiger partial charge >= 0.3 is 12.3 Å². The number of alkyl halides is 3. The molecule has 112 valence electrons. The Morgan fingerprint density at radius 2 is 2.00 bits per heavy atom. The highest BCUT2D eigenvalue weighted by Gasteiger charge is 2.34. The van der Waals surface area contributed by atoms with E-state index in [1.165, 1.54) is 4.90 Å². The minimum absolute atomic E-state index is 0.0508. The smallest absolute Gasteiger partial charge is 0.407 e. The second kappa shape index (κ2) is 5.98. The molecule has 0 aliphatic carbocycles. The fraction of sp³-hybridized carbons (Fsp3) is 0.917. The van der Waals surface area contributed by atoms with E-state index in [2.05, 4.69) is 5.32 Å². The fourth-order valence-electron chi connectivity index (χ4n) is 2.02. The third-order valence-electron chi connectivity index (χ3n) is 2.71. The molecule has 1 aliphatic heterocycles. The Labute approximate surface area is 111 Å². The average Bonchev–Trinajstić information content (AvgIpc) is 2.57. The molecule has 1 atom stereocenters. The molecular formula is C12H21F3N2O2. The summed E-state index contributed by atoms with van der Waals surface area (Å²) in [6.45, 7) is 5.52. The van der Waals surface area contributed by atoms with Crippen molar-refractivity contribution in [3.05, 3.63) is 0 Å². The zero-order valence-electron chi connectivity index (χ0n) is 11.5. The van der Waals surface area contributed by atoms with Gasteiger partial charge in [0.1, 0.15) is 5.60 Å². The van der Waals surface area contributed by atoms with E-state index in [0.717, 1.165) is 0 Å². The first-order chi connectivity index (χ1) is 8.55. The highest BCUT2D eigenvalue weighted by atomic mass is 19.4. The summed E-state index contributed by atoms with van der Waals surface area (Å²) in [5.41, 5.74) is -0.567. The minimum atomic E-state index is -4.16. The molecule has 0 radical (unpaired) electrons. The van der Waals surface area contributed by atoms with Gasteiger partial charge in [0.05, 0.1) is 6.54 Å². The van der Waals surface area contributed by atoms with Gasteiger partial charge in [-0.15, -0.1) is 0 Å². The number of hydrogen-bond acceptors (Lipinski definition) is 3. The van der Waals surface area contributed by atoms with Gasteiger partial charge in [-0.2, -0.15) is 13.2 Å². The van der Waals surface area contributed by atoms with Crippen molar-refractivity contribution in [3.63, 3.8) is 0 Å². The van der Waals surface area contributed by atoms with E-state index < -0.39 is 24.4 Å². The Morgan fingerprint density at radius 1 is 1.37 bits per heavy atom. The van der Waals surface area contributed by atoms with Crippen molar-refractivity contribution in [1.29, 1.82) is 0 Å². The lowest BCUT2D eigenvalue weighted by atomic mass is 10.1. The number of hydrogen-bond donors (Lipinski definition) is 1. The van der Waals surface area contributed by atoms with Gasteiger partial charge in [0.15, 0.2) is 0 Å². The van der Waals surface area contributed by atoms with Crippen molar-refractivity contribution in [3.8, 4) is 0 Å². The molecule has 0 saturated carbocycles. The van der Waals surface area contributed by atoms with Crippen LogP contribution in [0.4, 0.5) is 18.0 Å². The number of ether oxygens (including phenoxy) is 1. The molecule has 7 heteroatoms.